The van der Waals surface area contributed by atoms with Crippen molar-refractivity contribution in [1.82, 2.24) is 0 Å². The standard InChI is InChI=1S/C17H19BrClN/c1-17(2,3)14-6-4-5-7-16(14)20-11-12-10-13(19)8-9-15(12)18/h4-10,20H,11H2,1-3H3. The zero-order valence-corrected chi connectivity index (χ0v) is 14.3. The second kappa shape index (κ2) is 6.19. The fourth-order valence-corrected chi connectivity index (χ4v) is 2.74. The van der Waals surface area contributed by atoms with Crippen LogP contribution in [0.5, 0.6) is 0 Å². The molecule has 2 aromatic carbocycles. The molecule has 0 saturated carbocycles. The molecule has 20 heavy (non-hydrogen) atoms. The molecule has 0 bridgehead atoms. The number of rotatable bonds is 3. The van der Waals surface area contributed by atoms with Gasteiger partial charge in [0.25, 0.3) is 0 Å². The van der Waals surface area contributed by atoms with Crippen molar-refractivity contribution < 1.29 is 0 Å². The quantitative estimate of drug-likeness (QED) is 0.713. The van der Waals surface area contributed by atoms with E-state index in [4.69, 9.17) is 11.6 Å². The summed E-state index contributed by atoms with van der Waals surface area (Å²) < 4.78 is 1.07. The van der Waals surface area contributed by atoms with Crippen LogP contribution < -0.4 is 5.32 Å². The van der Waals surface area contributed by atoms with E-state index in [-0.39, 0.29) is 5.41 Å². The van der Waals surface area contributed by atoms with Gasteiger partial charge in [0, 0.05) is 21.7 Å². The van der Waals surface area contributed by atoms with E-state index in [0.717, 1.165) is 21.6 Å². The van der Waals surface area contributed by atoms with E-state index in [1.54, 1.807) is 0 Å². The number of nitrogens with one attached hydrogen (secondary N) is 1. The minimum Gasteiger partial charge on any atom is -0.381 e. The highest BCUT2D eigenvalue weighted by Crippen LogP contribution is 2.30. The van der Waals surface area contributed by atoms with Crippen LogP contribution in [0.25, 0.3) is 0 Å². The van der Waals surface area contributed by atoms with Crippen molar-refractivity contribution in [2.24, 2.45) is 0 Å². The topological polar surface area (TPSA) is 12.0 Å². The molecule has 0 atom stereocenters. The van der Waals surface area contributed by atoms with E-state index in [1.807, 2.05) is 18.2 Å². The number of halogens is 2. The third kappa shape index (κ3) is 3.77. The molecule has 0 unspecified atom stereocenters. The number of para-hydroxylation sites is 1. The molecule has 0 aliphatic heterocycles. The van der Waals surface area contributed by atoms with Crippen molar-refractivity contribution >= 4 is 33.2 Å². The molecule has 0 aliphatic carbocycles. The molecule has 2 aromatic rings. The first-order valence-electron chi connectivity index (χ1n) is 6.65. The lowest BCUT2D eigenvalue weighted by Crippen LogP contribution is -2.14. The van der Waals surface area contributed by atoms with Crippen LogP contribution in [-0.2, 0) is 12.0 Å². The lowest BCUT2D eigenvalue weighted by Gasteiger charge is -2.23. The maximum Gasteiger partial charge on any atom is 0.0412 e. The van der Waals surface area contributed by atoms with Crippen molar-refractivity contribution in [3.05, 3.63) is 63.1 Å². The molecule has 0 aromatic heterocycles. The van der Waals surface area contributed by atoms with Gasteiger partial charge in [-0.1, -0.05) is 66.5 Å². The van der Waals surface area contributed by atoms with Gasteiger partial charge in [-0.15, -0.1) is 0 Å². The van der Waals surface area contributed by atoms with E-state index in [1.165, 1.54) is 11.3 Å². The number of hydrogen-bond donors (Lipinski definition) is 1. The first-order chi connectivity index (χ1) is 9.38. The lowest BCUT2D eigenvalue weighted by molar-refractivity contribution is 0.591. The van der Waals surface area contributed by atoms with Gasteiger partial charge in [0.2, 0.25) is 0 Å². The molecule has 0 radical (unpaired) electrons. The van der Waals surface area contributed by atoms with E-state index >= 15 is 0 Å². The number of hydrogen-bond acceptors (Lipinski definition) is 1. The Bertz CT molecular complexity index is 602. The van der Waals surface area contributed by atoms with Gasteiger partial charge in [0.1, 0.15) is 0 Å². The molecule has 0 heterocycles. The van der Waals surface area contributed by atoms with E-state index in [9.17, 15) is 0 Å². The van der Waals surface area contributed by atoms with Crippen LogP contribution in [0.4, 0.5) is 5.69 Å². The molecule has 2 rings (SSSR count). The smallest absolute Gasteiger partial charge is 0.0412 e. The summed E-state index contributed by atoms with van der Waals surface area (Å²) in [5, 5.41) is 4.27. The van der Waals surface area contributed by atoms with Gasteiger partial charge in [-0.2, -0.15) is 0 Å². The molecule has 0 fully saturated rings. The predicted molar refractivity (Wildman–Crippen MR) is 91.6 cm³/mol. The van der Waals surface area contributed by atoms with Crippen LogP contribution in [0.3, 0.4) is 0 Å². The van der Waals surface area contributed by atoms with Crippen molar-refractivity contribution in [1.29, 1.82) is 0 Å². The molecule has 0 saturated heterocycles. The SMILES string of the molecule is CC(C)(C)c1ccccc1NCc1cc(Cl)ccc1Br. The minimum atomic E-state index is 0.120. The zero-order valence-electron chi connectivity index (χ0n) is 12.0. The van der Waals surface area contributed by atoms with Gasteiger partial charge in [-0.25, -0.2) is 0 Å². The Morgan fingerprint density at radius 1 is 1.10 bits per heavy atom. The molecule has 1 N–H and O–H groups in total. The second-order valence-electron chi connectivity index (χ2n) is 5.88. The van der Waals surface area contributed by atoms with E-state index in [0.29, 0.717) is 0 Å². The van der Waals surface area contributed by atoms with E-state index in [2.05, 4.69) is 66.3 Å². The van der Waals surface area contributed by atoms with Crippen molar-refractivity contribution in [2.45, 2.75) is 32.7 Å². The fourth-order valence-electron chi connectivity index (χ4n) is 2.16. The Hall–Kier alpha value is -0.990. The van der Waals surface area contributed by atoms with Gasteiger partial charge >= 0.3 is 0 Å². The molecular formula is C17H19BrClN. The Kier molecular flexibility index (Phi) is 4.77. The summed E-state index contributed by atoms with van der Waals surface area (Å²) in [5.74, 6) is 0. The molecule has 0 spiro atoms. The van der Waals surface area contributed by atoms with Crippen molar-refractivity contribution in [3.63, 3.8) is 0 Å². The summed E-state index contributed by atoms with van der Waals surface area (Å²) >= 11 is 9.62. The van der Waals surface area contributed by atoms with Gasteiger partial charge in [0.15, 0.2) is 0 Å². The molecule has 0 amide bonds. The van der Waals surface area contributed by atoms with Crippen LogP contribution in [0.15, 0.2) is 46.9 Å². The molecular weight excluding hydrogens is 334 g/mol. The molecule has 3 heteroatoms. The molecule has 0 aliphatic rings. The third-order valence-electron chi connectivity index (χ3n) is 3.21. The van der Waals surface area contributed by atoms with E-state index < -0.39 is 0 Å². The average Bonchev–Trinajstić information content (AvgIpc) is 2.39. The Morgan fingerprint density at radius 2 is 1.80 bits per heavy atom. The highest BCUT2D eigenvalue weighted by atomic mass is 79.9. The maximum absolute atomic E-state index is 6.05. The summed E-state index contributed by atoms with van der Waals surface area (Å²) in [7, 11) is 0. The van der Waals surface area contributed by atoms with Gasteiger partial charge in [0.05, 0.1) is 0 Å². The second-order valence-corrected chi connectivity index (χ2v) is 7.18. The number of anilines is 1. The molecule has 1 nitrogen and oxygen atoms in total. The molecule has 106 valence electrons. The van der Waals surface area contributed by atoms with Gasteiger partial charge in [-0.3, -0.25) is 0 Å². The van der Waals surface area contributed by atoms with Gasteiger partial charge < -0.3 is 5.32 Å². The fraction of sp³-hybridized carbons (Fsp3) is 0.294. The predicted octanol–water partition coefficient (Wildman–Crippen LogP) is 6.01. The largest absolute Gasteiger partial charge is 0.381 e. The maximum atomic E-state index is 6.05. The first-order valence-corrected chi connectivity index (χ1v) is 7.82. The normalized spacial score (nSPS) is 11.4. The van der Waals surface area contributed by atoms with Crippen LogP contribution in [0.1, 0.15) is 31.9 Å². The van der Waals surface area contributed by atoms with Crippen LogP contribution in [0.2, 0.25) is 5.02 Å². The van der Waals surface area contributed by atoms with Gasteiger partial charge in [-0.05, 0) is 40.8 Å². The summed E-state index contributed by atoms with van der Waals surface area (Å²) in [4.78, 5) is 0. The summed E-state index contributed by atoms with van der Waals surface area (Å²) in [6.07, 6.45) is 0. The summed E-state index contributed by atoms with van der Waals surface area (Å²) in [5.41, 5.74) is 3.76. The Labute approximate surface area is 134 Å². The van der Waals surface area contributed by atoms with Crippen LogP contribution in [0, 0.1) is 0 Å². The lowest BCUT2D eigenvalue weighted by atomic mass is 9.86. The summed E-state index contributed by atoms with van der Waals surface area (Å²) in [6.45, 7) is 7.42. The summed E-state index contributed by atoms with van der Waals surface area (Å²) in [6, 6.07) is 14.3. The third-order valence-corrected chi connectivity index (χ3v) is 4.22. The van der Waals surface area contributed by atoms with Crippen molar-refractivity contribution in [3.8, 4) is 0 Å². The first kappa shape index (κ1) is 15.4. The highest BCUT2D eigenvalue weighted by Gasteiger charge is 2.17. The monoisotopic (exact) mass is 351 g/mol. The number of benzene rings is 2. The Balaban J connectivity index is 2.21. The Morgan fingerprint density at radius 3 is 2.50 bits per heavy atom. The highest BCUT2D eigenvalue weighted by molar-refractivity contribution is 9.10. The van der Waals surface area contributed by atoms with Crippen LogP contribution >= 0.6 is 27.5 Å². The minimum absolute atomic E-state index is 0.120. The van der Waals surface area contributed by atoms with Crippen LogP contribution in [-0.4, -0.2) is 0 Å². The average molecular weight is 353 g/mol. The zero-order chi connectivity index (χ0) is 14.8. The van der Waals surface area contributed by atoms with Crippen molar-refractivity contribution in [2.75, 3.05) is 5.32 Å².